The molecule has 13 unspecified atom stereocenters. The number of hydrogen-bond donors (Lipinski definition) is 0. The fraction of sp³-hybridized carbons (Fsp3) is 0.824. The Bertz CT molecular complexity index is 4870. The van der Waals surface area contributed by atoms with Crippen molar-refractivity contribution in [2.75, 3.05) is 46.2 Å². The number of fused-ring (bicyclic) bond motifs is 10. The number of ether oxygens (including phenoxy) is 8. The van der Waals surface area contributed by atoms with Gasteiger partial charge in [-0.3, -0.25) is 38.4 Å². The van der Waals surface area contributed by atoms with Gasteiger partial charge in [0.25, 0.3) is 0 Å². The molecule has 13 atom stereocenters. The van der Waals surface area contributed by atoms with Crippen molar-refractivity contribution in [2.24, 2.45) is 106 Å². The lowest BCUT2D eigenvalue weighted by Gasteiger charge is -2.55. The molecule has 10 bridgehead atoms. The number of alkyl halides is 14. The first kappa shape index (κ1) is 108. The minimum atomic E-state index is -5.91. The summed E-state index contributed by atoms with van der Waals surface area (Å²) in [6.45, 7) is -7.11. The van der Waals surface area contributed by atoms with Gasteiger partial charge in [-0.1, -0.05) is 43.6 Å². The zero-order chi connectivity index (χ0) is 96.3. The van der Waals surface area contributed by atoms with Crippen molar-refractivity contribution < 1.29 is 229 Å². The molecule has 0 aromatic heterocycles. The summed E-state index contributed by atoms with van der Waals surface area (Å²) in [5.74, 6) is -6.44. The third-order valence-corrected chi connectivity index (χ3v) is 29.2. The van der Waals surface area contributed by atoms with Gasteiger partial charge in [0.05, 0.1) is 40.4 Å². The second-order valence-electron chi connectivity index (χ2n) is 33.3. The molecule has 10 saturated carbocycles. The molecule has 0 amide bonds. The molecule has 11 fully saturated rings. The topological polar surface area (TPSA) is 611 Å². The van der Waals surface area contributed by atoms with Crippen LogP contribution in [0.4, 0.5) is 61.5 Å². The lowest BCUT2D eigenvalue weighted by molar-refractivity contribution is -0.177. The third-order valence-electron chi connectivity index (χ3n) is 23.2. The van der Waals surface area contributed by atoms with Gasteiger partial charge in [0, 0.05) is 12.8 Å². The number of carbonyl (C=O) groups is 8. The monoisotopic (exact) mass is 1980 g/mol. The summed E-state index contributed by atoms with van der Waals surface area (Å²) in [5.41, 5.74) is -1.78. The Morgan fingerprint density at radius 3 is 1.17 bits per heavy atom. The molecule has 0 radical (unpaired) electrons. The Labute approximate surface area is 712 Å². The average molecular weight is 1980 g/mol. The first-order valence-corrected chi connectivity index (χ1v) is 47.8. The molecular formula is C68H85F14O37S7-7. The van der Waals surface area contributed by atoms with Crippen LogP contribution >= 0.6 is 0 Å². The van der Waals surface area contributed by atoms with Gasteiger partial charge in [-0.05, 0) is 183 Å². The van der Waals surface area contributed by atoms with Gasteiger partial charge in [-0.15, -0.1) is 0 Å². The Morgan fingerprint density at radius 1 is 0.413 bits per heavy atom. The standard InChI is InChI=1S/C15H18F2O5S.C13H18F2O5S.C11H12F2O7S.C9H14F2O5S.C9H12F2O5S.C7H12F2O5S.C4H6F2O5S/c16-15(17,23(19,20)21)6-22-14(18)11-5-9-4-10(11)13-8-2-1-7(3-8)12(9)13;14-13(15,21(17,18)19)7-20-11(16)12-4-8-1-9(5-12)3-10(2-8)6-12;12-11(13,21(16,17)18)3-19-9(14)7-4-1-5-6(2-4)20-10(15)8(5)7;2*10-9(11,17(13,14)15)6-16-8(12)7-4-2-1-3-5-7;1-6(2,3)5(10)14-4-7(8,9)15(11,12)13;1-3(7)11-2-4(5,6)12(8,9)10/h1-2,7-13H,3-6H2,(H,19,20,21);8-10H,1-7H2,(H,17,18,19);4-8H,1-3H2,(H,16,17,18);7H,1-6H2,(H,13,14,15);1-2,7H,3-6H2,(H,13,14,15);4H2,1-3H3,(H,11,12,13);2H2,1H3,(H,8,9,10)/p-7. The van der Waals surface area contributed by atoms with E-state index in [2.05, 4.69) is 45.3 Å². The van der Waals surface area contributed by atoms with E-state index < -0.39 is 242 Å². The molecule has 58 heteroatoms. The predicted molar refractivity (Wildman–Crippen MR) is 379 cm³/mol. The van der Waals surface area contributed by atoms with Gasteiger partial charge in [-0.2, -0.15) is 61.5 Å². The van der Waals surface area contributed by atoms with Crippen molar-refractivity contribution in [3.05, 3.63) is 24.3 Å². The van der Waals surface area contributed by atoms with Crippen LogP contribution in [0, 0.1) is 106 Å². The molecular weight excluding hydrogens is 1900 g/mol. The van der Waals surface area contributed by atoms with Crippen molar-refractivity contribution in [1.29, 1.82) is 0 Å². The normalized spacial score (nSPS) is 29.0. The van der Waals surface area contributed by atoms with Gasteiger partial charge >= 0.3 is 84.5 Å². The van der Waals surface area contributed by atoms with Gasteiger partial charge < -0.3 is 69.8 Å². The van der Waals surface area contributed by atoms with Crippen LogP contribution in [0.5, 0.6) is 0 Å². The summed E-state index contributed by atoms with van der Waals surface area (Å²) in [5, 5.41) is -32.1. The highest BCUT2D eigenvalue weighted by Gasteiger charge is 2.66. The van der Waals surface area contributed by atoms with E-state index in [9.17, 15) is 191 Å². The van der Waals surface area contributed by atoms with Crippen molar-refractivity contribution in [2.45, 2.75) is 193 Å². The number of carbonyl (C=O) groups excluding carboxylic acids is 8. The Hall–Kier alpha value is -6.37. The highest BCUT2D eigenvalue weighted by molar-refractivity contribution is 7.88. The number of hydrogen-bond acceptors (Lipinski definition) is 37. The van der Waals surface area contributed by atoms with E-state index in [0.717, 1.165) is 58.3 Å². The summed E-state index contributed by atoms with van der Waals surface area (Å²) in [7, 11) is -40.7. The molecule has 126 heavy (non-hydrogen) atoms. The first-order chi connectivity index (χ1) is 56.9. The molecule has 0 N–H and O–H groups in total. The van der Waals surface area contributed by atoms with Crippen LogP contribution in [0.3, 0.4) is 0 Å². The van der Waals surface area contributed by atoms with E-state index in [1.54, 1.807) is 6.08 Å². The first-order valence-electron chi connectivity index (χ1n) is 37.9. The average Bonchev–Trinajstić information content (AvgIpc) is 1.44. The zero-order valence-corrected chi connectivity index (χ0v) is 72.0. The summed E-state index contributed by atoms with van der Waals surface area (Å²) in [4.78, 5) is 91.4. The molecule has 726 valence electrons. The lowest BCUT2D eigenvalue weighted by Crippen LogP contribution is -2.51. The maximum absolute atomic E-state index is 13.1. The number of esters is 8. The van der Waals surface area contributed by atoms with Gasteiger partial charge in [0.1, 0.15) is 6.10 Å². The van der Waals surface area contributed by atoms with E-state index in [4.69, 9.17) is 4.74 Å². The second-order valence-corrected chi connectivity index (χ2v) is 43.8. The molecule has 1 heterocycles. The smallest absolute Gasteiger partial charge is 0.367 e. The van der Waals surface area contributed by atoms with E-state index in [1.807, 2.05) is 6.08 Å². The molecule has 1 aliphatic heterocycles. The maximum atomic E-state index is 13.1. The number of allylic oxidation sites excluding steroid dienone is 4. The largest absolute Gasteiger partial charge is 0.743 e. The summed E-state index contributed by atoms with van der Waals surface area (Å²) in [6, 6.07) is 0. The van der Waals surface area contributed by atoms with E-state index in [1.165, 1.54) is 20.8 Å². The molecule has 0 spiro atoms. The van der Waals surface area contributed by atoms with Crippen molar-refractivity contribution in [3.63, 3.8) is 0 Å². The molecule has 13 aliphatic rings. The van der Waals surface area contributed by atoms with Crippen molar-refractivity contribution >= 4 is 119 Å². The summed E-state index contributed by atoms with van der Waals surface area (Å²) >= 11 is 0. The minimum Gasteiger partial charge on any atom is -0.743 e. The van der Waals surface area contributed by atoms with E-state index in [0.29, 0.717) is 118 Å². The maximum Gasteiger partial charge on any atom is 0.367 e. The number of halogens is 14. The fourth-order valence-electron chi connectivity index (χ4n) is 17.7. The second kappa shape index (κ2) is 40.0. The van der Waals surface area contributed by atoms with E-state index >= 15 is 0 Å². The SMILES string of the molecule is CC(=O)OCC(F)(F)S(=O)(=O)[O-].CC(C)(C)C(=O)OCC(F)(F)S(=O)(=O)[O-].O=C(OCC(F)(F)S(=O)(=O)[O-])C12CC3CC(CC(C3)C1)C2.O=C(OCC(F)(F)S(=O)(=O)[O-])C1C2CC3OC(=O)C1C3C2.O=C(OCC(F)(F)S(=O)(=O)[O-])C1CC2CC1C1C3C=CC(C3)C21.O=C(OCC(F)(F)S(=O)(=O)[O-])C1CC=CCC1.O=C(OCC(F)(F)S(=O)(=O)[O-])C1CCCCC1. The third kappa shape index (κ3) is 27.2. The van der Waals surface area contributed by atoms with Crippen LogP contribution in [-0.4, -0.2) is 228 Å². The lowest BCUT2D eigenvalue weighted by atomic mass is 9.49. The zero-order valence-electron chi connectivity index (χ0n) is 66.3. The van der Waals surface area contributed by atoms with Gasteiger partial charge in [0.2, 0.25) is 0 Å². The quantitative estimate of drug-likeness (QED) is 0.0233. The van der Waals surface area contributed by atoms with Crippen molar-refractivity contribution in [3.8, 4) is 0 Å². The predicted octanol–water partition coefficient (Wildman–Crippen LogP) is 6.18. The van der Waals surface area contributed by atoms with Crippen LogP contribution < -0.4 is 0 Å². The van der Waals surface area contributed by atoms with Crippen LogP contribution in [0.2, 0.25) is 0 Å². The van der Waals surface area contributed by atoms with Crippen molar-refractivity contribution in [1.82, 2.24) is 0 Å². The Kier molecular flexibility index (Phi) is 34.4. The van der Waals surface area contributed by atoms with Crippen LogP contribution in [0.25, 0.3) is 0 Å². The van der Waals surface area contributed by atoms with E-state index in [-0.39, 0.29) is 23.9 Å². The molecule has 0 aromatic rings. The highest BCUT2D eigenvalue weighted by atomic mass is 32.2. The molecule has 13 rings (SSSR count). The summed E-state index contributed by atoms with van der Waals surface area (Å²) < 4.78 is 427. The minimum absolute atomic E-state index is 0.108. The number of rotatable bonds is 26. The Morgan fingerprint density at radius 2 is 0.778 bits per heavy atom. The van der Waals surface area contributed by atoms with Crippen LogP contribution in [0.1, 0.15) is 150 Å². The molecule has 37 nitrogen and oxygen atoms in total. The Balaban J connectivity index is 0.000000229. The highest BCUT2D eigenvalue weighted by Crippen LogP contribution is 2.67. The fourth-order valence-corrected chi connectivity index (χ4v) is 19.2. The summed E-state index contributed by atoms with van der Waals surface area (Å²) in [6.07, 6.45) is 21.8. The molecule has 1 saturated heterocycles. The molecule has 0 aromatic carbocycles. The van der Waals surface area contributed by atoms with Crippen LogP contribution in [-0.2, 0) is 147 Å². The van der Waals surface area contributed by atoms with Gasteiger partial charge in [-0.25, -0.2) is 58.9 Å². The van der Waals surface area contributed by atoms with Crippen LogP contribution in [0.15, 0.2) is 24.3 Å². The van der Waals surface area contributed by atoms with Gasteiger partial charge in [0.15, 0.2) is 117 Å². The molecule has 12 aliphatic carbocycles.